The maximum Gasteiger partial charge on any atom is 0.235 e. The van der Waals surface area contributed by atoms with Crippen molar-refractivity contribution < 1.29 is 9.59 Å². The zero-order chi connectivity index (χ0) is 12.0. The predicted molar refractivity (Wildman–Crippen MR) is 50.4 cm³/mol. The van der Waals surface area contributed by atoms with Crippen LogP contribution in [-0.2, 0) is 9.59 Å². The molecule has 0 aromatic heterocycles. The van der Waals surface area contributed by atoms with E-state index in [0.29, 0.717) is 6.42 Å². The molecule has 15 heavy (non-hydrogen) atoms. The lowest BCUT2D eigenvalue weighted by Crippen LogP contribution is -2.38. The van der Waals surface area contributed by atoms with E-state index in [1.54, 1.807) is 19.1 Å². The molecule has 2 unspecified atom stereocenters. The highest BCUT2D eigenvalue weighted by Gasteiger charge is 2.35. The van der Waals surface area contributed by atoms with E-state index in [-0.39, 0.29) is 0 Å². The van der Waals surface area contributed by atoms with E-state index in [2.05, 4.69) is 0 Å². The third-order valence-electron chi connectivity index (χ3n) is 2.22. The smallest absolute Gasteiger partial charge is 0.235 e. The molecule has 0 aromatic rings. The molecular weight excluding hydrogens is 196 g/mol. The summed E-state index contributed by atoms with van der Waals surface area (Å²) >= 11 is 0. The van der Waals surface area contributed by atoms with E-state index < -0.39 is 29.6 Å². The molecule has 0 saturated heterocycles. The molecule has 2 atom stereocenters. The van der Waals surface area contributed by atoms with Crippen molar-refractivity contribution in [2.45, 2.75) is 13.3 Å². The third-order valence-corrected chi connectivity index (χ3v) is 2.22. The van der Waals surface area contributed by atoms with Crippen molar-refractivity contribution >= 4 is 11.8 Å². The van der Waals surface area contributed by atoms with Gasteiger partial charge in [-0.3, -0.25) is 9.59 Å². The first-order valence-electron chi connectivity index (χ1n) is 4.37. The van der Waals surface area contributed by atoms with Crippen molar-refractivity contribution in [3.8, 4) is 12.1 Å². The molecule has 0 aromatic carbocycles. The van der Waals surface area contributed by atoms with Crippen LogP contribution < -0.4 is 11.5 Å². The van der Waals surface area contributed by atoms with Crippen LogP contribution in [0.4, 0.5) is 0 Å². The van der Waals surface area contributed by atoms with Crippen LogP contribution in [0.1, 0.15) is 13.3 Å². The fourth-order valence-corrected chi connectivity index (χ4v) is 1.40. The summed E-state index contributed by atoms with van der Waals surface area (Å²) in [6, 6.07) is 3.38. The van der Waals surface area contributed by atoms with E-state index in [9.17, 15) is 9.59 Å². The summed E-state index contributed by atoms with van der Waals surface area (Å²) < 4.78 is 0. The number of amides is 2. The molecule has 0 spiro atoms. The number of carbonyl (C=O) groups excluding carboxylic acids is 2. The largest absolute Gasteiger partial charge is 0.369 e. The predicted octanol–water partition coefficient (Wildman–Crippen LogP) is -0.737. The fourth-order valence-electron chi connectivity index (χ4n) is 1.40. The van der Waals surface area contributed by atoms with Gasteiger partial charge in [0, 0.05) is 5.92 Å². The molecule has 0 rings (SSSR count). The molecule has 6 heteroatoms. The van der Waals surface area contributed by atoms with Gasteiger partial charge >= 0.3 is 0 Å². The highest BCUT2D eigenvalue weighted by Crippen LogP contribution is 2.24. The van der Waals surface area contributed by atoms with Crippen molar-refractivity contribution in [2.75, 3.05) is 0 Å². The number of nitrogens with zero attached hydrogens (tertiary/aromatic N) is 2. The standard InChI is InChI=1S/C9H12N4O2/c1-2-5(6(3-10)8(12)14)7(4-11)9(13)15/h5-7H,2H2,1H3,(H2,12,14)(H2,13,15). The summed E-state index contributed by atoms with van der Waals surface area (Å²) in [7, 11) is 0. The number of hydrogen-bond donors (Lipinski definition) is 2. The first-order chi connectivity index (χ1) is 6.99. The Balaban J connectivity index is 5.06. The van der Waals surface area contributed by atoms with Gasteiger partial charge in [0.05, 0.1) is 12.1 Å². The lowest BCUT2D eigenvalue weighted by Gasteiger charge is -2.20. The van der Waals surface area contributed by atoms with Crippen LogP contribution in [0, 0.1) is 40.4 Å². The zero-order valence-corrected chi connectivity index (χ0v) is 8.30. The average Bonchev–Trinajstić information content (AvgIpc) is 2.16. The Hall–Kier alpha value is -2.08. The van der Waals surface area contributed by atoms with Gasteiger partial charge in [0.25, 0.3) is 0 Å². The molecule has 0 heterocycles. The summed E-state index contributed by atoms with van der Waals surface area (Å²) in [5, 5.41) is 17.4. The van der Waals surface area contributed by atoms with Crippen LogP contribution in [0.15, 0.2) is 0 Å². The molecule has 4 N–H and O–H groups in total. The fraction of sp³-hybridized carbons (Fsp3) is 0.556. The highest BCUT2D eigenvalue weighted by molar-refractivity contribution is 5.83. The number of primary amides is 2. The SMILES string of the molecule is CCC(C(C#N)C(N)=O)C(C#N)C(N)=O. The Kier molecular flexibility index (Phi) is 4.83. The van der Waals surface area contributed by atoms with Gasteiger partial charge in [-0.05, 0) is 6.42 Å². The minimum Gasteiger partial charge on any atom is -0.369 e. The number of rotatable bonds is 5. The molecule has 0 aliphatic rings. The van der Waals surface area contributed by atoms with Crippen molar-refractivity contribution in [3.05, 3.63) is 0 Å². The zero-order valence-electron chi connectivity index (χ0n) is 8.30. The highest BCUT2D eigenvalue weighted by atomic mass is 16.1. The molecule has 80 valence electrons. The maximum atomic E-state index is 10.9. The Morgan fingerprint density at radius 1 is 1.13 bits per heavy atom. The van der Waals surface area contributed by atoms with Gasteiger partial charge in [-0.25, -0.2) is 0 Å². The average molecular weight is 208 g/mol. The van der Waals surface area contributed by atoms with Crippen molar-refractivity contribution in [3.63, 3.8) is 0 Å². The Morgan fingerprint density at radius 2 is 1.47 bits per heavy atom. The summed E-state index contributed by atoms with van der Waals surface area (Å²) in [4.78, 5) is 21.8. The van der Waals surface area contributed by atoms with Crippen LogP contribution in [0.2, 0.25) is 0 Å². The van der Waals surface area contributed by atoms with Crippen LogP contribution in [0.3, 0.4) is 0 Å². The van der Waals surface area contributed by atoms with Crippen molar-refractivity contribution in [1.29, 1.82) is 10.5 Å². The van der Waals surface area contributed by atoms with Gasteiger partial charge in [-0.2, -0.15) is 10.5 Å². The minimum absolute atomic E-state index is 0.308. The van der Waals surface area contributed by atoms with E-state index in [0.717, 1.165) is 0 Å². The first kappa shape index (κ1) is 12.9. The molecular formula is C9H12N4O2. The van der Waals surface area contributed by atoms with E-state index >= 15 is 0 Å². The van der Waals surface area contributed by atoms with Crippen LogP contribution in [0.5, 0.6) is 0 Å². The number of nitrogens with two attached hydrogens (primary N) is 2. The van der Waals surface area contributed by atoms with Crippen molar-refractivity contribution in [2.24, 2.45) is 29.2 Å². The lowest BCUT2D eigenvalue weighted by molar-refractivity contribution is -0.125. The van der Waals surface area contributed by atoms with Gasteiger partial charge in [0.2, 0.25) is 11.8 Å². The molecule has 0 saturated carbocycles. The third kappa shape index (κ3) is 2.96. The van der Waals surface area contributed by atoms with Gasteiger partial charge in [-0.15, -0.1) is 0 Å². The van der Waals surface area contributed by atoms with Gasteiger partial charge in [-0.1, -0.05) is 6.92 Å². The Bertz CT molecular complexity index is 307. The van der Waals surface area contributed by atoms with Crippen LogP contribution >= 0.6 is 0 Å². The summed E-state index contributed by atoms with van der Waals surface area (Å²) in [6.45, 7) is 1.66. The second kappa shape index (κ2) is 5.61. The number of carbonyl (C=O) groups is 2. The molecule has 2 amide bonds. The first-order valence-corrected chi connectivity index (χ1v) is 4.37. The van der Waals surface area contributed by atoms with E-state index in [4.69, 9.17) is 22.0 Å². The van der Waals surface area contributed by atoms with Crippen LogP contribution in [-0.4, -0.2) is 11.8 Å². The van der Waals surface area contributed by atoms with Crippen LogP contribution in [0.25, 0.3) is 0 Å². The number of hydrogen-bond acceptors (Lipinski definition) is 4. The topological polar surface area (TPSA) is 134 Å². The molecule has 0 bridgehead atoms. The number of nitriles is 2. The molecule has 6 nitrogen and oxygen atoms in total. The summed E-state index contributed by atoms with van der Waals surface area (Å²) in [6.07, 6.45) is 0.308. The molecule has 0 radical (unpaired) electrons. The van der Waals surface area contributed by atoms with E-state index in [1.165, 1.54) is 0 Å². The van der Waals surface area contributed by atoms with Gasteiger partial charge in [0.1, 0.15) is 11.8 Å². The normalized spacial score (nSPS) is 15.4. The summed E-state index contributed by atoms with van der Waals surface area (Å²) in [5.41, 5.74) is 9.99. The second-order valence-electron chi connectivity index (χ2n) is 3.09. The maximum absolute atomic E-state index is 10.9. The quantitative estimate of drug-likeness (QED) is 0.615. The summed E-state index contributed by atoms with van der Waals surface area (Å²) in [5.74, 6) is -4.74. The Labute approximate surface area is 87.4 Å². The lowest BCUT2D eigenvalue weighted by atomic mass is 9.80. The van der Waals surface area contributed by atoms with E-state index in [1.807, 2.05) is 0 Å². The second-order valence-corrected chi connectivity index (χ2v) is 3.09. The minimum atomic E-state index is -1.16. The molecule has 0 aliphatic carbocycles. The monoisotopic (exact) mass is 208 g/mol. The van der Waals surface area contributed by atoms with Gasteiger partial charge < -0.3 is 11.5 Å². The molecule has 0 aliphatic heterocycles. The van der Waals surface area contributed by atoms with Gasteiger partial charge in [0.15, 0.2) is 0 Å². The Morgan fingerprint density at radius 3 is 1.60 bits per heavy atom. The molecule has 0 fully saturated rings. The van der Waals surface area contributed by atoms with Crippen molar-refractivity contribution in [1.82, 2.24) is 0 Å².